The van der Waals surface area contributed by atoms with Crippen LogP contribution in [0.25, 0.3) is 0 Å². The summed E-state index contributed by atoms with van der Waals surface area (Å²) in [6.07, 6.45) is -0.206. The maximum atomic E-state index is 12.5. The third kappa shape index (κ3) is 2.39. The van der Waals surface area contributed by atoms with Crippen molar-refractivity contribution in [3.8, 4) is 0 Å². The maximum Gasteiger partial charge on any atom is 0.320 e. The van der Waals surface area contributed by atoms with E-state index in [1.807, 2.05) is 41.3 Å². The van der Waals surface area contributed by atoms with Gasteiger partial charge in [-0.05, 0) is 11.1 Å². The molecule has 2 amide bonds. The predicted molar refractivity (Wildman–Crippen MR) is 87.9 cm³/mol. The fraction of sp³-hybridized carbons (Fsp3) is 0.316. The van der Waals surface area contributed by atoms with E-state index in [2.05, 4.69) is 36.5 Å². The summed E-state index contributed by atoms with van der Waals surface area (Å²) in [5.41, 5.74) is 2.34. The average Bonchev–Trinajstić information content (AvgIpc) is 3.17. The Labute approximate surface area is 136 Å². The maximum absolute atomic E-state index is 12.5. The molecular weight excluding hydrogens is 288 g/mol. The summed E-state index contributed by atoms with van der Waals surface area (Å²) in [5.74, 6) is 0.199. The van der Waals surface area contributed by atoms with Gasteiger partial charge in [-0.3, -0.25) is 4.90 Å². The smallest absolute Gasteiger partial charge is 0.320 e. The zero-order valence-corrected chi connectivity index (χ0v) is 13.1. The third-order valence-electron chi connectivity index (χ3n) is 4.92. The number of nitrogens with zero attached hydrogens (tertiary/aromatic N) is 1. The molecular formula is C19H20N2O2. The van der Waals surface area contributed by atoms with Crippen LogP contribution in [0.2, 0.25) is 0 Å². The normalized spacial score (nSPS) is 27.6. The van der Waals surface area contributed by atoms with Crippen molar-refractivity contribution < 1.29 is 9.53 Å². The number of hydrogen-bond donors (Lipinski definition) is 1. The molecule has 1 N–H and O–H groups in total. The highest BCUT2D eigenvalue weighted by Gasteiger charge is 2.50. The molecule has 0 saturated carbocycles. The SMILES string of the molecule is C[C@@H](c1ccccc1)[C@@H]1NC(=O)N2[C@@H](c3ccccc3)CO[C@@H]12. The van der Waals surface area contributed by atoms with Crippen molar-refractivity contribution in [2.24, 2.45) is 0 Å². The highest BCUT2D eigenvalue weighted by Crippen LogP contribution is 2.38. The molecule has 2 aliphatic heterocycles. The van der Waals surface area contributed by atoms with E-state index in [1.54, 1.807) is 0 Å². The number of carbonyl (C=O) groups excluding carboxylic acids is 1. The molecule has 4 heteroatoms. The number of amides is 2. The molecule has 2 aliphatic rings. The average molecular weight is 308 g/mol. The second kappa shape index (κ2) is 5.70. The lowest BCUT2D eigenvalue weighted by Crippen LogP contribution is -2.37. The minimum Gasteiger partial charge on any atom is -0.353 e. The highest BCUT2D eigenvalue weighted by atomic mass is 16.5. The van der Waals surface area contributed by atoms with Crippen LogP contribution in [-0.2, 0) is 4.74 Å². The van der Waals surface area contributed by atoms with Gasteiger partial charge >= 0.3 is 6.03 Å². The largest absolute Gasteiger partial charge is 0.353 e. The van der Waals surface area contributed by atoms with Crippen LogP contribution in [0.15, 0.2) is 60.7 Å². The van der Waals surface area contributed by atoms with E-state index in [4.69, 9.17) is 4.74 Å². The minimum absolute atomic E-state index is 0.00540. The van der Waals surface area contributed by atoms with E-state index in [1.165, 1.54) is 5.56 Å². The van der Waals surface area contributed by atoms with Crippen LogP contribution in [-0.4, -0.2) is 29.8 Å². The van der Waals surface area contributed by atoms with Gasteiger partial charge in [-0.1, -0.05) is 67.6 Å². The van der Waals surface area contributed by atoms with Crippen LogP contribution in [0.3, 0.4) is 0 Å². The highest BCUT2D eigenvalue weighted by molar-refractivity contribution is 5.78. The molecule has 23 heavy (non-hydrogen) atoms. The molecule has 0 aromatic heterocycles. The van der Waals surface area contributed by atoms with E-state index in [0.29, 0.717) is 6.61 Å². The van der Waals surface area contributed by atoms with Crippen molar-refractivity contribution in [2.75, 3.05) is 6.61 Å². The van der Waals surface area contributed by atoms with Crippen LogP contribution in [0.5, 0.6) is 0 Å². The molecule has 0 spiro atoms. The van der Waals surface area contributed by atoms with E-state index < -0.39 is 0 Å². The van der Waals surface area contributed by atoms with Gasteiger partial charge < -0.3 is 10.1 Å². The fourth-order valence-electron chi connectivity index (χ4n) is 3.62. The standard InChI is InChI=1S/C19H20N2O2/c1-13(14-8-4-2-5-9-14)17-18-21(19(22)20-17)16(12-23-18)15-10-6-3-7-11-15/h2-11,13,16-18H,12H2,1H3,(H,20,22)/t13-,16+,17-,18-/m0/s1. The first kappa shape index (κ1) is 14.3. The Hall–Kier alpha value is -2.33. The van der Waals surface area contributed by atoms with Gasteiger partial charge in [0.1, 0.15) is 0 Å². The first-order chi connectivity index (χ1) is 11.3. The van der Waals surface area contributed by atoms with Gasteiger partial charge in [0.25, 0.3) is 0 Å². The number of carbonyl (C=O) groups is 1. The molecule has 0 bridgehead atoms. The predicted octanol–water partition coefficient (Wildman–Crippen LogP) is 3.28. The van der Waals surface area contributed by atoms with Crippen LogP contribution in [0.1, 0.15) is 30.0 Å². The second-order valence-corrected chi connectivity index (χ2v) is 6.23. The van der Waals surface area contributed by atoms with Gasteiger partial charge in [0.2, 0.25) is 0 Å². The first-order valence-corrected chi connectivity index (χ1v) is 8.06. The summed E-state index contributed by atoms with van der Waals surface area (Å²) in [7, 11) is 0. The van der Waals surface area contributed by atoms with E-state index in [9.17, 15) is 4.79 Å². The lowest BCUT2D eigenvalue weighted by atomic mass is 9.93. The number of ether oxygens (including phenoxy) is 1. The van der Waals surface area contributed by atoms with E-state index >= 15 is 0 Å². The Morgan fingerprint density at radius 3 is 2.43 bits per heavy atom. The van der Waals surface area contributed by atoms with Crippen molar-refractivity contribution in [1.29, 1.82) is 0 Å². The molecule has 4 atom stereocenters. The Balaban J connectivity index is 1.59. The topological polar surface area (TPSA) is 41.6 Å². The molecule has 2 saturated heterocycles. The number of hydrogen-bond acceptors (Lipinski definition) is 2. The summed E-state index contributed by atoms with van der Waals surface area (Å²) < 4.78 is 6.01. The molecule has 2 heterocycles. The number of fused-ring (bicyclic) bond motifs is 1. The van der Waals surface area contributed by atoms with Crippen molar-refractivity contribution in [3.63, 3.8) is 0 Å². The lowest BCUT2D eigenvalue weighted by molar-refractivity contribution is 0.0455. The molecule has 0 radical (unpaired) electrons. The van der Waals surface area contributed by atoms with Gasteiger partial charge in [-0.15, -0.1) is 0 Å². The van der Waals surface area contributed by atoms with Crippen molar-refractivity contribution in [3.05, 3.63) is 71.8 Å². The summed E-state index contributed by atoms with van der Waals surface area (Å²) in [5, 5.41) is 3.12. The molecule has 2 aromatic carbocycles. The quantitative estimate of drug-likeness (QED) is 0.945. The Bertz CT molecular complexity index is 689. The van der Waals surface area contributed by atoms with Crippen LogP contribution in [0, 0.1) is 0 Å². The fourth-order valence-corrected chi connectivity index (χ4v) is 3.62. The molecule has 4 rings (SSSR count). The van der Waals surface area contributed by atoms with Gasteiger partial charge in [-0.2, -0.15) is 0 Å². The third-order valence-corrected chi connectivity index (χ3v) is 4.92. The molecule has 2 fully saturated rings. The van der Waals surface area contributed by atoms with E-state index in [-0.39, 0.29) is 30.3 Å². The summed E-state index contributed by atoms with van der Waals surface area (Å²) in [6.45, 7) is 2.70. The van der Waals surface area contributed by atoms with Crippen LogP contribution in [0.4, 0.5) is 4.79 Å². The Kier molecular flexibility index (Phi) is 3.54. The van der Waals surface area contributed by atoms with Gasteiger partial charge in [0, 0.05) is 5.92 Å². The molecule has 0 unspecified atom stereocenters. The molecule has 118 valence electrons. The monoisotopic (exact) mass is 308 g/mol. The molecule has 2 aromatic rings. The number of benzene rings is 2. The van der Waals surface area contributed by atoms with Crippen molar-refractivity contribution >= 4 is 6.03 Å². The Morgan fingerprint density at radius 1 is 1.09 bits per heavy atom. The van der Waals surface area contributed by atoms with Crippen molar-refractivity contribution in [1.82, 2.24) is 10.2 Å². The number of urea groups is 1. The van der Waals surface area contributed by atoms with Gasteiger partial charge in [-0.25, -0.2) is 4.79 Å². The molecule has 0 aliphatic carbocycles. The zero-order valence-electron chi connectivity index (χ0n) is 13.1. The van der Waals surface area contributed by atoms with Crippen LogP contribution >= 0.6 is 0 Å². The summed E-state index contributed by atoms with van der Waals surface area (Å²) >= 11 is 0. The second-order valence-electron chi connectivity index (χ2n) is 6.23. The number of nitrogens with one attached hydrogen (secondary N) is 1. The van der Waals surface area contributed by atoms with Crippen molar-refractivity contribution in [2.45, 2.75) is 31.2 Å². The number of rotatable bonds is 3. The van der Waals surface area contributed by atoms with E-state index in [0.717, 1.165) is 5.56 Å². The van der Waals surface area contributed by atoms with Gasteiger partial charge in [0.05, 0.1) is 18.7 Å². The van der Waals surface area contributed by atoms with Gasteiger partial charge in [0.15, 0.2) is 6.23 Å². The Morgan fingerprint density at radius 2 is 1.74 bits per heavy atom. The summed E-state index contributed by atoms with van der Waals surface area (Å²) in [4.78, 5) is 14.4. The minimum atomic E-state index is -0.206. The summed E-state index contributed by atoms with van der Waals surface area (Å²) in [6, 6.07) is 20.3. The lowest BCUT2D eigenvalue weighted by Gasteiger charge is -2.25. The first-order valence-electron chi connectivity index (χ1n) is 8.06. The zero-order chi connectivity index (χ0) is 15.8. The molecule has 4 nitrogen and oxygen atoms in total. The van der Waals surface area contributed by atoms with Crippen LogP contribution < -0.4 is 5.32 Å².